The average Bonchev–Trinajstić information content (AvgIpc) is 2.82. The third-order valence-electron chi connectivity index (χ3n) is 2.76. The molecule has 0 N–H and O–H groups in total. The summed E-state index contributed by atoms with van der Waals surface area (Å²) in [6, 6.07) is 6.57. The molecule has 0 saturated carbocycles. The van der Waals surface area contributed by atoms with E-state index >= 15 is 0 Å². The Balaban J connectivity index is 2.21. The van der Waals surface area contributed by atoms with Gasteiger partial charge < -0.3 is 0 Å². The summed E-state index contributed by atoms with van der Waals surface area (Å²) in [7, 11) is -3.76. The highest BCUT2D eigenvalue weighted by atomic mass is 79.9. The molecular weight excluding hydrogens is 344 g/mol. The minimum absolute atomic E-state index is 0.165. The van der Waals surface area contributed by atoms with Crippen molar-refractivity contribution in [1.29, 1.82) is 0 Å². The maximum Gasteiger partial charge on any atom is 0.285 e. The molecule has 0 saturated heterocycles. The van der Waals surface area contributed by atoms with E-state index in [1.807, 2.05) is 6.92 Å². The van der Waals surface area contributed by atoms with Gasteiger partial charge in [-0.25, -0.2) is 9.97 Å². The van der Waals surface area contributed by atoms with E-state index < -0.39 is 10.0 Å². The highest BCUT2D eigenvalue weighted by Crippen LogP contribution is 2.19. The molecule has 102 valence electrons. The van der Waals surface area contributed by atoms with E-state index in [1.54, 1.807) is 24.3 Å². The van der Waals surface area contributed by atoms with Gasteiger partial charge in [-0.2, -0.15) is 13.5 Å². The van der Waals surface area contributed by atoms with Crippen LogP contribution in [-0.2, 0) is 10.0 Å². The minimum atomic E-state index is -3.76. The van der Waals surface area contributed by atoms with E-state index in [1.165, 1.54) is 12.4 Å². The number of rotatable bonds is 2. The molecule has 0 radical (unpaired) electrons. The van der Waals surface area contributed by atoms with Gasteiger partial charge in [0.25, 0.3) is 10.0 Å². The van der Waals surface area contributed by atoms with Crippen molar-refractivity contribution >= 4 is 37.1 Å². The van der Waals surface area contributed by atoms with E-state index in [0.29, 0.717) is 10.1 Å². The molecule has 20 heavy (non-hydrogen) atoms. The van der Waals surface area contributed by atoms with Crippen LogP contribution in [0.15, 0.2) is 46.2 Å². The number of aryl methyl sites for hydroxylation is 1. The SMILES string of the molecule is Cc1ccc(S(=O)(=O)n2ncc3nc(Br)cnc32)cc1. The lowest BCUT2D eigenvalue weighted by Crippen LogP contribution is -2.15. The Bertz CT molecular complexity index is 887. The van der Waals surface area contributed by atoms with Crippen molar-refractivity contribution in [3.63, 3.8) is 0 Å². The number of aromatic nitrogens is 4. The first kappa shape index (κ1) is 13.2. The molecule has 0 aliphatic heterocycles. The van der Waals surface area contributed by atoms with Crippen LogP contribution >= 0.6 is 15.9 Å². The molecule has 0 atom stereocenters. The van der Waals surface area contributed by atoms with Crippen LogP contribution in [0.25, 0.3) is 11.2 Å². The van der Waals surface area contributed by atoms with E-state index in [0.717, 1.165) is 9.65 Å². The van der Waals surface area contributed by atoms with Gasteiger partial charge in [-0.3, -0.25) is 0 Å². The van der Waals surface area contributed by atoms with Crippen LogP contribution in [0.4, 0.5) is 0 Å². The second kappa shape index (κ2) is 4.64. The number of nitrogens with zero attached hydrogens (tertiary/aromatic N) is 4. The zero-order chi connectivity index (χ0) is 14.3. The summed E-state index contributed by atoms with van der Waals surface area (Å²) in [5, 5.41) is 3.89. The smallest absolute Gasteiger partial charge is 0.234 e. The van der Waals surface area contributed by atoms with E-state index in [2.05, 4.69) is 31.0 Å². The summed E-state index contributed by atoms with van der Waals surface area (Å²) < 4.78 is 26.5. The van der Waals surface area contributed by atoms with Crippen LogP contribution in [0.1, 0.15) is 5.56 Å². The quantitative estimate of drug-likeness (QED) is 0.705. The number of hydrogen-bond acceptors (Lipinski definition) is 5. The number of benzene rings is 1. The van der Waals surface area contributed by atoms with Crippen molar-refractivity contribution in [3.05, 3.63) is 46.8 Å². The molecule has 6 nitrogen and oxygen atoms in total. The van der Waals surface area contributed by atoms with Crippen LogP contribution < -0.4 is 0 Å². The molecule has 3 aromatic rings. The molecule has 0 unspecified atom stereocenters. The molecule has 8 heteroatoms. The maximum atomic E-state index is 12.5. The zero-order valence-corrected chi connectivity index (χ0v) is 12.8. The first-order valence-electron chi connectivity index (χ1n) is 5.67. The molecule has 0 amide bonds. The van der Waals surface area contributed by atoms with E-state index in [9.17, 15) is 8.42 Å². The molecule has 1 aromatic carbocycles. The summed E-state index contributed by atoms with van der Waals surface area (Å²) >= 11 is 3.18. The molecule has 2 heterocycles. The summed E-state index contributed by atoms with van der Waals surface area (Å²) in [6.45, 7) is 1.89. The first-order valence-corrected chi connectivity index (χ1v) is 7.90. The fraction of sp³-hybridized carbons (Fsp3) is 0.0833. The van der Waals surface area contributed by atoms with Gasteiger partial charge in [0.2, 0.25) is 0 Å². The van der Waals surface area contributed by atoms with Crippen LogP contribution in [0.2, 0.25) is 0 Å². The Labute approximate surface area is 123 Å². The Hall–Kier alpha value is -1.80. The van der Waals surface area contributed by atoms with Gasteiger partial charge in [-0.1, -0.05) is 17.7 Å². The molecule has 0 fully saturated rings. The molecule has 2 aromatic heterocycles. The maximum absolute atomic E-state index is 12.5. The average molecular weight is 353 g/mol. The Morgan fingerprint density at radius 1 is 1.15 bits per heavy atom. The van der Waals surface area contributed by atoms with E-state index in [-0.39, 0.29) is 10.5 Å². The van der Waals surface area contributed by atoms with Crippen LogP contribution in [-0.4, -0.2) is 27.6 Å². The fourth-order valence-corrected chi connectivity index (χ4v) is 3.27. The van der Waals surface area contributed by atoms with Crippen molar-refractivity contribution in [1.82, 2.24) is 19.2 Å². The number of fused-ring (bicyclic) bond motifs is 1. The van der Waals surface area contributed by atoms with Crippen molar-refractivity contribution in [2.75, 3.05) is 0 Å². The Morgan fingerprint density at radius 3 is 2.55 bits per heavy atom. The van der Waals surface area contributed by atoms with Gasteiger partial charge in [-0.05, 0) is 35.0 Å². The summed E-state index contributed by atoms with van der Waals surface area (Å²) in [5.41, 5.74) is 1.60. The molecule has 0 aliphatic rings. The largest absolute Gasteiger partial charge is 0.285 e. The molecule has 0 aliphatic carbocycles. The second-order valence-corrected chi connectivity index (χ2v) is 6.79. The molecule has 0 spiro atoms. The van der Waals surface area contributed by atoms with Crippen molar-refractivity contribution in [2.45, 2.75) is 11.8 Å². The normalized spacial score (nSPS) is 11.9. The predicted octanol–water partition coefficient (Wildman–Crippen LogP) is 2.13. The fourth-order valence-electron chi connectivity index (χ4n) is 1.76. The van der Waals surface area contributed by atoms with Crippen molar-refractivity contribution in [3.8, 4) is 0 Å². The standard InChI is InChI=1S/C12H9BrN4O2S/c1-8-2-4-9(5-3-8)20(18,19)17-12-10(6-15-17)16-11(13)7-14-12/h2-7H,1H3. The third kappa shape index (κ3) is 2.10. The van der Waals surface area contributed by atoms with Gasteiger partial charge in [0, 0.05) is 0 Å². The molecule has 3 rings (SSSR count). The van der Waals surface area contributed by atoms with Crippen LogP contribution in [0, 0.1) is 6.92 Å². The summed E-state index contributed by atoms with van der Waals surface area (Å²) in [5.74, 6) is 0. The zero-order valence-electron chi connectivity index (χ0n) is 10.4. The first-order chi connectivity index (χ1) is 9.48. The Kier molecular flexibility index (Phi) is 3.06. The van der Waals surface area contributed by atoms with Gasteiger partial charge in [0.05, 0.1) is 17.3 Å². The third-order valence-corrected chi connectivity index (χ3v) is 4.73. The van der Waals surface area contributed by atoms with Gasteiger partial charge in [0.1, 0.15) is 10.1 Å². The monoisotopic (exact) mass is 352 g/mol. The van der Waals surface area contributed by atoms with Crippen molar-refractivity contribution < 1.29 is 8.42 Å². The van der Waals surface area contributed by atoms with Crippen molar-refractivity contribution in [2.24, 2.45) is 0 Å². The van der Waals surface area contributed by atoms with Gasteiger partial charge in [0.15, 0.2) is 5.65 Å². The molecular formula is C12H9BrN4O2S. The number of hydrogen-bond donors (Lipinski definition) is 0. The molecule has 0 bridgehead atoms. The highest BCUT2D eigenvalue weighted by Gasteiger charge is 2.21. The predicted molar refractivity (Wildman–Crippen MR) is 76.8 cm³/mol. The van der Waals surface area contributed by atoms with Crippen LogP contribution in [0.5, 0.6) is 0 Å². The lowest BCUT2D eigenvalue weighted by Gasteiger charge is -2.05. The lowest BCUT2D eigenvalue weighted by molar-refractivity contribution is 0.582. The second-order valence-electron chi connectivity index (χ2n) is 4.21. The van der Waals surface area contributed by atoms with Gasteiger partial charge >= 0.3 is 0 Å². The number of halogens is 1. The minimum Gasteiger partial charge on any atom is -0.234 e. The van der Waals surface area contributed by atoms with Gasteiger partial charge in [-0.15, -0.1) is 4.09 Å². The van der Waals surface area contributed by atoms with E-state index in [4.69, 9.17) is 0 Å². The topological polar surface area (TPSA) is 77.7 Å². The summed E-state index contributed by atoms with van der Waals surface area (Å²) in [4.78, 5) is 8.35. The lowest BCUT2D eigenvalue weighted by atomic mass is 10.2. The Morgan fingerprint density at radius 2 is 1.85 bits per heavy atom. The summed E-state index contributed by atoms with van der Waals surface area (Å²) in [6.07, 6.45) is 2.81. The highest BCUT2D eigenvalue weighted by molar-refractivity contribution is 9.10. The van der Waals surface area contributed by atoms with Crippen LogP contribution in [0.3, 0.4) is 0 Å².